The fourth-order valence-electron chi connectivity index (χ4n) is 3.75. The molecule has 0 saturated heterocycles. The third-order valence-electron chi connectivity index (χ3n) is 5.03. The van der Waals surface area contributed by atoms with Crippen molar-refractivity contribution < 1.29 is 4.79 Å². The second-order valence-corrected chi connectivity index (χ2v) is 6.44. The Balaban J connectivity index is 0.00000200. The molecule has 0 radical (unpaired) electrons. The third kappa shape index (κ3) is 5.25. The van der Waals surface area contributed by atoms with Gasteiger partial charge in [0, 0.05) is 18.5 Å². The number of carbonyl (C=O) groups excluding carboxylic acids is 1. The SMILES string of the molecule is Cl.NCC(NC(=O)C1CCCCCC1)C1CCCCC1. The summed E-state index contributed by atoms with van der Waals surface area (Å²) in [4.78, 5) is 12.4. The Bertz CT molecular complexity index is 272. The normalized spacial score (nSPS) is 23.4. The lowest BCUT2D eigenvalue weighted by Gasteiger charge is -2.31. The van der Waals surface area contributed by atoms with Crippen molar-refractivity contribution in [2.75, 3.05) is 6.54 Å². The summed E-state index contributed by atoms with van der Waals surface area (Å²) in [6.07, 6.45) is 13.6. The van der Waals surface area contributed by atoms with Gasteiger partial charge in [0.05, 0.1) is 0 Å². The van der Waals surface area contributed by atoms with E-state index in [4.69, 9.17) is 5.73 Å². The number of amides is 1. The highest BCUT2D eigenvalue weighted by Gasteiger charge is 2.27. The van der Waals surface area contributed by atoms with E-state index in [1.54, 1.807) is 0 Å². The van der Waals surface area contributed by atoms with Crippen LogP contribution in [-0.4, -0.2) is 18.5 Å². The molecule has 2 aliphatic rings. The van der Waals surface area contributed by atoms with Crippen molar-refractivity contribution in [2.24, 2.45) is 17.6 Å². The predicted molar refractivity (Wildman–Crippen MR) is 86.0 cm³/mol. The van der Waals surface area contributed by atoms with Crippen molar-refractivity contribution in [3.05, 3.63) is 0 Å². The molecule has 118 valence electrons. The lowest BCUT2D eigenvalue weighted by Crippen LogP contribution is -2.47. The molecule has 1 unspecified atom stereocenters. The van der Waals surface area contributed by atoms with Crippen LogP contribution in [0.15, 0.2) is 0 Å². The highest BCUT2D eigenvalue weighted by molar-refractivity contribution is 5.85. The van der Waals surface area contributed by atoms with Crippen LogP contribution in [0.5, 0.6) is 0 Å². The smallest absolute Gasteiger partial charge is 0.223 e. The van der Waals surface area contributed by atoms with Crippen LogP contribution in [0.3, 0.4) is 0 Å². The minimum atomic E-state index is 0. The Morgan fingerprint density at radius 2 is 1.45 bits per heavy atom. The second-order valence-electron chi connectivity index (χ2n) is 6.44. The highest BCUT2D eigenvalue weighted by Crippen LogP contribution is 2.27. The minimum absolute atomic E-state index is 0. The summed E-state index contributed by atoms with van der Waals surface area (Å²) in [6, 6.07) is 0.219. The zero-order valence-electron chi connectivity index (χ0n) is 12.6. The van der Waals surface area contributed by atoms with Gasteiger partial charge in [-0.25, -0.2) is 0 Å². The average Bonchev–Trinajstić information content (AvgIpc) is 2.74. The lowest BCUT2D eigenvalue weighted by molar-refractivity contribution is -0.126. The number of nitrogens with one attached hydrogen (secondary N) is 1. The van der Waals surface area contributed by atoms with Crippen LogP contribution in [0.2, 0.25) is 0 Å². The fourth-order valence-corrected chi connectivity index (χ4v) is 3.75. The molecule has 1 amide bonds. The molecule has 0 aromatic rings. The fraction of sp³-hybridized carbons (Fsp3) is 0.938. The number of rotatable bonds is 4. The van der Waals surface area contributed by atoms with E-state index in [0.29, 0.717) is 12.5 Å². The number of halogens is 1. The molecule has 0 aromatic heterocycles. The molecule has 1 atom stereocenters. The third-order valence-corrected chi connectivity index (χ3v) is 5.03. The zero-order chi connectivity index (χ0) is 13.5. The van der Waals surface area contributed by atoms with E-state index < -0.39 is 0 Å². The molecule has 2 aliphatic carbocycles. The molecule has 20 heavy (non-hydrogen) atoms. The molecule has 3 N–H and O–H groups in total. The van der Waals surface area contributed by atoms with Gasteiger partial charge in [-0.05, 0) is 31.6 Å². The molecular weight excluding hydrogens is 272 g/mol. The van der Waals surface area contributed by atoms with Crippen molar-refractivity contribution >= 4 is 18.3 Å². The number of nitrogens with two attached hydrogens (primary N) is 1. The van der Waals surface area contributed by atoms with Crippen LogP contribution in [0.1, 0.15) is 70.6 Å². The van der Waals surface area contributed by atoms with E-state index >= 15 is 0 Å². The van der Waals surface area contributed by atoms with Crippen molar-refractivity contribution in [1.29, 1.82) is 0 Å². The van der Waals surface area contributed by atoms with Crippen LogP contribution in [0.4, 0.5) is 0 Å². The molecule has 2 rings (SSSR count). The van der Waals surface area contributed by atoms with E-state index in [-0.39, 0.29) is 30.3 Å². The van der Waals surface area contributed by atoms with Gasteiger partial charge in [-0.3, -0.25) is 4.79 Å². The molecule has 0 bridgehead atoms. The Labute approximate surface area is 129 Å². The first-order chi connectivity index (χ1) is 9.31. The maximum atomic E-state index is 12.4. The van der Waals surface area contributed by atoms with Gasteiger partial charge in [0.2, 0.25) is 5.91 Å². The quantitative estimate of drug-likeness (QED) is 0.782. The molecule has 0 aliphatic heterocycles. The molecule has 4 heteroatoms. The maximum Gasteiger partial charge on any atom is 0.223 e. The monoisotopic (exact) mass is 302 g/mol. The minimum Gasteiger partial charge on any atom is -0.352 e. The summed E-state index contributed by atoms with van der Waals surface area (Å²) in [5, 5.41) is 3.27. The molecule has 0 heterocycles. The van der Waals surface area contributed by atoms with Gasteiger partial charge < -0.3 is 11.1 Å². The van der Waals surface area contributed by atoms with Crippen LogP contribution in [0.25, 0.3) is 0 Å². The van der Waals surface area contributed by atoms with Crippen molar-refractivity contribution in [2.45, 2.75) is 76.7 Å². The first-order valence-corrected chi connectivity index (χ1v) is 8.31. The maximum absolute atomic E-state index is 12.4. The second kappa shape index (κ2) is 9.62. The summed E-state index contributed by atoms with van der Waals surface area (Å²) < 4.78 is 0. The van der Waals surface area contributed by atoms with Crippen LogP contribution < -0.4 is 11.1 Å². The summed E-state index contributed by atoms with van der Waals surface area (Å²) >= 11 is 0. The summed E-state index contributed by atoms with van der Waals surface area (Å²) in [7, 11) is 0. The average molecular weight is 303 g/mol. The number of hydrogen-bond donors (Lipinski definition) is 2. The molecule has 2 fully saturated rings. The molecule has 0 spiro atoms. The van der Waals surface area contributed by atoms with Crippen LogP contribution >= 0.6 is 12.4 Å². The van der Waals surface area contributed by atoms with E-state index in [2.05, 4.69) is 5.32 Å². The standard InChI is InChI=1S/C16H30N2O.ClH/c17-12-15(13-8-6-3-7-9-13)18-16(19)14-10-4-1-2-5-11-14;/h13-15H,1-12,17H2,(H,18,19);1H. The summed E-state index contributed by atoms with van der Waals surface area (Å²) in [5.41, 5.74) is 5.90. The predicted octanol–water partition coefficient (Wildman–Crippen LogP) is 3.40. The van der Waals surface area contributed by atoms with Gasteiger partial charge in [0.25, 0.3) is 0 Å². The highest BCUT2D eigenvalue weighted by atomic mass is 35.5. The van der Waals surface area contributed by atoms with Gasteiger partial charge in [-0.2, -0.15) is 0 Å². The largest absolute Gasteiger partial charge is 0.352 e. The van der Waals surface area contributed by atoms with E-state index in [0.717, 1.165) is 12.8 Å². The van der Waals surface area contributed by atoms with E-state index in [1.165, 1.54) is 57.8 Å². The molecule has 2 saturated carbocycles. The van der Waals surface area contributed by atoms with E-state index in [9.17, 15) is 4.79 Å². The number of hydrogen-bond acceptors (Lipinski definition) is 2. The van der Waals surface area contributed by atoms with Crippen molar-refractivity contribution in [3.63, 3.8) is 0 Å². The van der Waals surface area contributed by atoms with Gasteiger partial charge in [0.15, 0.2) is 0 Å². The van der Waals surface area contributed by atoms with Crippen molar-refractivity contribution in [1.82, 2.24) is 5.32 Å². The molecule has 0 aromatic carbocycles. The van der Waals surface area contributed by atoms with E-state index in [1.807, 2.05) is 0 Å². The van der Waals surface area contributed by atoms with Crippen molar-refractivity contribution in [3.8, 4) is 0 Å². The first kappa shape index (κ1) is 17.8. The van der Waals surface area contributed by atoms with Gasteiger partial charge in [-0.1, -0.05) is 44.9 Å². The topological polar surface area (TPSA) is 55.1 Å². The van der Waals surface area contributed by atoms with Crippen LogP contribution in [0, 0.1) is 11.8 Å². The summed E-state index contributed by atoms with van der Waals surface area (Å²) in [6.45, 7) is 0.600. The molecular formula is C16H31ClN2O. The lowest BCUT2D eigenvalue weighted by atomic mass is 9.83. The zero-order valence-corrected chi connectivity index (χ0v) is 13.4. The van der Waals surface area contributed by atoms with Gasteiger partial charge in [0.1, 0.15) is 0 Å². The Morgan fingerprint density at radius 1 is 0.950 bits per heavy atom. The van der Waals surface area contributed by atoms with Gasteiger partial charge >= 0.3 is 0 Å². The Hall–Kier alpha value is -0.280. The first-order valence-electron chi connectivity index (χ1n) is 8.31. The van der Waals surface area contributed by atoms with Gasteiger partial charge in [-0.15, -0.1) is 12.4 Å². The molecule has 3 nitrogen and oxygen atoms in total. The number of carbonyl (C=O) groups is 1. The Kier molecular flexibility index (Phi) is 8.55. The Morgan fingerprint density at radius 3 is 2.00 bits per heavy atom. The summed E-state index contributed by atoms with van der Waals surface area (Å²) in [5.74, 6) is 1.15. The van der Waals surface area contributed by atoms with Crippen LogP contribution in [-0.2, 0) is 4.79 Å².